The van der Waals surface area contributed by atoms with Gasteiger partial charge in [-0.15, -0.1) is 0 Å². The van der Waals surface area contributed by atoms with Gasteiger partial charge in [0.2, 0.25) is 0 Å². The van der Waals surface area contributed by atoms with Gasteiger partial charge in [-0.05, 0) is 24.3 Å². The minimum absolute atomic E-state index is 0.157. The smallest absolute Gasteiger partial charge is 0.352 e. The van der Waals surface area contributed by atoms with Crippen molar-refractivity contribution >= 4 is 17.4 Å². The molecule has 0 amide bonds. The molecule has 5 heteroatoms. The van der Waals surface area contributed by atoms with Crippen LogP contribution in [-0.2, 0) is 9.59 Å². The van der Waals surface area contributed by atoms with Crippen LogP contribution in [0.15, 0.2) is 36.0 Å². The van der Waals surface area contributed by atoms with Gasteiger partial charge in [-0.25, -0.2) is 4.79 Å². The van der Waals surface area contributed by atoms with Crippen LogP contribution in [0.1, 0.15) is 20.8 Å². The molecule has 108 valence electrons. The third-order valence-corrected chi connectivity index (χ3v) is 2.61. The maximum absolute atomic E-state index is 11.9. The monoisotopic (exact) mass is 277 g/mol. The number of allylic oxidation sites excluding steroid dienone is 1. The summed E-state index contributed by atoms with van der Waals surface area (Å²) < 4.78 is 5.02. The molecule has 0 aliphatic carbocycles. The van der Waals surface area contributed by atoms with Gasteiger partial charge in [0.15, 0.2) is 5.78 Å². The molecule has 0 aromatic heterocycles. The summed E-state index contributed by atoms with van der Waals surface area (Å²) >= 11 is 0. The van der Waals surface area contributed by atoms with Crippen LogP contribution in [0.2, 0.25) is 0 Å². The van der Waals surface area contributed by atoms with Gasteiger partial charge in [-0.1, -0.05) is 20.8 Å². The SMILES string of the molecule is COc1ccc(N/C(=C\C(=O)C(C)(C)C)C(=O)O)cc1. The number of hydrogen-bond donors (Lipinski definition) is 2. The molecule has 0 fully saturated rings. The Kier molecular flexibility index (Phi) is 4.91. The second-order valence-electron chi connectivity index (χ2n) is 5.33. The Morgan fingerprint density at radius 2 is 1.75 bits per heavy atom. The molecule has 0 saturated carbocycles. The van der Waals surface area contributed by atoms with E-state index in [1.54, 1.807) is 52.1 Å². The van der Waals surface area contributed by atoms with Crippen molar-refractivity contribution < 1.29 is 19.4 Å². The van der Waals surface area contributed by atoms with Crippen LogP contribution in [0.4, 0.5) is 5.69 Å². The number of ether oxygens (including phenoxy) is 1. The summed E-state index contributed by atoms with van der Waals surface area (Å²) in [6.45, 7) is 5.20. The molecule has 0 bridgehead atoms. The van der Waals surface area contributed by atoms with E-state index < -0.39 is 11.4 Å². The van der Waals surface area contributed by atoms with E-state index >= 15 is 0 Å². The number of carboxylic acids is 1. The Morgan fingerprint density at radius 3 is 2.15 bits per heavy atom. The Bertz CT molecular complexity index is 524. The third-order valence-electron chi connectivity index (χ3n) is 2.61. The van der Waals surface area contributed by atoms with Crippen LogP contribution in [-0.4, -0.2) is 24.0 Å². The Balaban J connectivity index is 2.95. The van der Waals surface area contributed by atoms with Crippen LogP contribution in [0.3, 0.4) is 0 Å². The molecule has 0 aliphatic rings. The zero-order chi connectivity index (χ0) is 15.3. The van der Waals surface area contributed by atoms with Gasteiger partial charge in [0.25, 0.3) is 0 Å². The van der Waals surface area contributed by atoms with Gasteiger partial charge in [-0.3, -0.25) is 4.79 Å². The summed E-state index contributed by atoms with van der Waals surface area (Å²) in [4.78, 5) is 23.1. The summed E-state index contributed by atoms with van der Waals surface area (Å²) in [7, 11) is 1.55. The number of carboxylic acid groups (broad SMARTS) is 1. The minimum Gasteiger partial charge on any atom is -0.497 e. The topological polar surface area (TPSA) is 75.6 Å². The third kappa shape index (κ3) is 4.42. The molecule has 0 aliphatic heterocycles. The van der Waals surface area contributed by atoms with Crippen molar-refractivity contribution in [1.29, 1.82) is 0 Å². The fourth-order valence-corrected chi connectivity index (χ4v) is 1.33. The van der Waals surface area contributed by atoms with Crippen molar-refractivity contribution in [2.24, 2.45) is 5.41 Å². The maximum Gasteiger partial charge on any atom is 0.352 e. The summed E-state index contributed by atoms with van der Waals surface area (Å²) in [6, 6.07) is 6.76. The quantitative estimate of drug-likeness (QED) is 0.809. The van der Waals surface area contributed by atoms with Crippen LogP contribution in [0.5, 0.6) is 5.75 Å². The summed E-state index contributed by atoms with van der Waals surface area (Å²) in [6.07, 6.45) is 1.12. The predicted octanol–water partition coefficient (Wildman–Crippen LogP) is 2.69. The zero-order valence-corrected chi connectivity index (χ0v) is 12.1. The first kappa shape index (κ1) is 15.8. The first-order chi connectivity index (χ1) is 9.24. The number of aliphatic carboxylic acids is 1. The normalized spacial score (nSPS) is 11.9. The van der Waals surface area contributed by atoms with Gasteiger partial charge < -0.3 is 15.2 Å². The first-order valence-corrected chi connectivity index (χ1v) is 6.14. The number of ketones is 1. The molecule has 0 spiro atoms. The molecule has 0 atom stereocenters. The lowest BCUT2D eigenvalue weighted by atomic mass is 9.90. The Hall–Kier alpha value is -2.30. The van der Waals surface area contributed by atoms with Crippen molar-refractivity contribution in [2.45, 2.75) is 20.8 Å². The molecule has 1 rings (SSSR count). The highest BCUT2D eigenvalue weighted by molar-refractivity contribution is 6.02. The van der Waals surface area contributed by atoms with E-state index in [-0.39, 0.29) is 11.5 Å². The first-order valence-electron chi connectivity index (χ1n) is 6.14. The Morgan fingerprint density at radius 1 is 1.20 bits per heavy atom. The van der Waals surface area contributed by atoms with Gasteiger partial charge >= 0.3 is 5.97 Å². The van der Waals surface area contributed by atoms with E-state index in [0.717, 1.165) is 6.08 Å². The molecule has 0 radical (unpaired) electrons. The number of hydrogen-bond acceptors (Lipinski definition) is 4. The number of rotatable bonds is 5. The fraction of sp³-hybridized carbons (Fsp3) is 0.333. The predicted molar refractivity (Wildman–Crippen MR) is 76.8 cm³/mol. The summed E-state index contributed by atoms with van der Waals surface area (Å²) in [5, 5.41) is 11.9. The van der Waals surface area contributed by atoms with Gasteiger partial charge in [0.1, 0.15) is 11.4 Å². The zero-order valence-electron chi connectivity index (χ0n) is 12.1. The van der Waals surface area contributed by atoms with Crippen LogP contribution in [0, 0.1) is 5.41 Å². The number of anilines is 1. The highest BCUT2D eigenvalue weighted by Crippen LogP contribution is 2.19. The van der Waals surface area contributed by atoms with Gasteiger partial charge in [0.05, 0.1) is 7.11 Å². The molecular formula is C15H19NO4. The van der Waals surface area contributed by atoms with E-state index in [4.69, 9.17) is 9.84 Å². The molecule has 20 heavy (non-hydrogen) atoms. The second kappa shape index (κ2) is 6.23. The summed E-state index contributed by atoms with van der Waals surface area (Å²) in [5.74, 6) is -0.767. The van der Waals surface area contributed by atoms with E-state index in [1.165, 1.54) is 0 Å². The molecule has 1 aromatic rings. The van der Waals surface area contributed by atoms with Crippen LogP contribution >= 0.6 is 0 Å². The van der Waals surface area contributed by atoms with Crippen LogP contribution in [0.25, 0.3) is 0 Å². The van der Waals surface area contributed by atoms with Crippen molar-refractivity contribution in [3.63, 3.8) is 0 Å². The van der Waals surface area contributed by atoms with Gasteiger partial charge in [-0.2, -0.15) is 0 Å². The molecule has 0 saturated heterocycles. The van der Waals surface area contributed by atoms with Crippen molar-refractivity contribution in [3.05, 3.63) is 36.0 Å². The Labute approximate surface area is 118 Å². The van der Waals surface area contributed by atoms with E-state index in [0.29, 0.717) is 11.4 Å². The standard InChI is InChI=1S/C15H19NO4/c1-15(2,3)13(17)9-12(14(18)19)16-10-5-7-11(20-4)8-6-10/h5-9,16H,1-4H3,(H,18,19)/b12-9-. The van der Waals surface area contributed by atoms with Crippen molar-refractivity contribution in [1.82, 2.24) is 0 Å². The number of benzene rings is 1. The highest BCUT2D eigenvalue weighted by atomic mass is 16.5. The fourth-order valence-electron chi connectivity index (χ4n) is 1.33. The van der Waals surface area contributed by atoms with E-state index in [9.17, 15) is 9.59 Å². The second-order valence-corrected chi connectivity index (χ2v) is 5.33. The number of carbonyl (C=O) groups is 2. The molecule has 0 heterocycles. The lowest BCUT2D eigenvalue weighted by Crippen LogP contribution is -2.21. The maximum atomic E-state index is 11.9. The summed E-state index contributed by atoms with van der Waals surface area (Å²) in [5.41, 5.74) is -0.210. The van der Waals surface area contributed by atoms with E-state index in [2.05, 4.69) is 5.32 Å². The van der Waals surface area contributed by atoms with Crippen molar-refractivity contribution in [2.75, 3.05) is 12.4 Å². The molecule has 5 nitrogen and oxygen atoms in total. The van der Waals surface area contributed by atoms with Gasteiger partial charge in [0, 0.05) is 17.2 Å². The largest absolute Gasteiger partial charge is 0.497 e. The molecular weight excluding hydrogens is 258 g/mol. The minimum atomic E-state index is -1.18. The highest BCUT2D eigenvalue weighted by Gasteiger charge is 2.21. The lowest BCUT2D eigenvalue weighted by molar-refractivity contribution is -0.133. The van der Waals surface area contributed by atoms with Crippen molar-refractivity contribution in [3.8, 4) is 5.75 Å². The number of carbonyl (C=O) groups excluding carboxylic acids is 1. The number of methoxy groups -OCH3 is 1. The van der Waals surface area contributed by atoms with Crippen LogP contribution < -0.4 is 10.1 Å². The molecule has 0 unspecified atom stereocenters. The van der Waals surface area contributed by atoms with E-state index in [1.807, 2.05) is 0 Å². The lowest BCUT2D eigenvalue weighted by Gasteiger charge is -2.15. The molecule has 2 N–H and O–H groups in total. The average molecular weight is 277 g/mol. The number of nitrogens with one attached hydrogen (secondary N) is 1. The molecule has 1 aromatic carbocycles. The average Bonchev–Trinajstić information content (AvgIpc) is 2.37.